The van der Waals surface area contributed by atoms with Crippen LogP contribution < -0.4 is 10.2 Å². The number of nitrogens with zero attached hydrogens (tertiary/aromatic N) is 3. The quantitative estimate of drug-likeness (QED) is 0.601. The molecule has 1 atom stereocenters. The molecule has 1 amide bonds. The average Bonchev–Trinajstić information content (AvgIpc) is 2.83. The van der Waals surface area contributed by atoms with Crippen LogP contribution in [0.15, 0.2) is 48.5 Å². The second kappa shape index (κ2) is 8.65. The van der Waals surface area contributed by atoms with Gasteiger partial charge in [0, 0.05) is 19.0 Å². The van der Waals surface area contributed by atoms with E-state index in [1.54, 1.807) is 23.1 Å². The zero-order valence-corrected chi connectivity index (χ0v) is 18.1. The lowest BCUT2D eigenvalue weighted by atomic mass is 9.87. The van der Waals surface area contributed by atoms with Crippen molar-refractivity contribution in [1.82, 2.24) is 15.3 Å². The number of rotatable bonds is 3. The van der Waals surface area contributed by atoms with E-state index < -0.39 is 11.9 Å². The zero-order chi connectivity index (χ0) is 23.0. The van der Waals surface area contributed by atoms with Crippen molar-refractivity contribution in [2.45, 2.75) is 44.3 Å². The minimum atomic E-state index is -4.60. The number of hydrogen-bond acceptors (Lipinski definition) is 4. The first kappa shape index (κ1) is 21.7. The first-order valence-corrected chi connectivity index (χ1v) is 11.4. The van der Waals surface area contributed by atoms with Crippen LogP contribution in [0.25, 0.3) is 11.0 Å². The van der Waals surface area contributed by atoms with Crippen LogP contribution in [0.2, 0.25) is 0 Å². The predicted octanol–water partition coefficient (Wildman–Crippen LogP) is 5.06. The van der Waals surface area contributed by atoms with Gasteiger partial charge in [0.15, 0.2) is 11.5 Å². The van der Waals surface area contributed by atoms with E-state index in [1.165, 1.54) is 17.2 Å². The van der Waals surface area contributed by atoms with Crippen LogP contribution in [0.5, 0.6) is 0 Å². The number of aromatic nitrogens is 2. The van der Waals surface area contributed by atoms with E-state index in [4.69, 9.17) is 0 Å². The molecule has 1 saturated heterocycles. The lowest BCUT2D eigenvalue weighted by Gasteiger charge is -2.34. The van der Waals surface area contributed by atoms with Gasteiger partial charge in [0.1, 0.15) is 0 Å². The van der Waals surface area contributed by atoms with Gasteiger partial charge in [-0.3, -0.25) is 4.79 Å². The van der Waals surface area contributed by atoms with Crippen LogP contribution in [0.3, 0.4) is 0 Å². The van der Waals surface area contributed by atoms with Gasteiger partial charge in [-0.15, -0.1) is 0 Å². The smallest absolute Gasteiger partial charge is 0.355 e. The van der Waals surface area contributed by atoms with Gasteiger partial charge >= 0.3 is 6.18 Å². The summed E-state index contributed by atoms with van der Waals surface area (Å²) in [6, 6.07) is 14.8. The van der Waals surface area contributed by atoms with Crippen LogP contribution in [-0.2, 0) is 17.4 Å². The van der Waals surface area contributed by atoms with E-state index in [0.29, 0.717) is 31.4 Å². The van der Waals surface area contributed by atoms with Gasteiger partial charge in [-0.25, -0.2) is 9.97 Å². The van der Waals surface area contributed by atoms with Gasteiger partial charge in [0.25, 0.3) is 0 Å². The second-order valence-corrected chi connectivity index (χ2v) is 8.80. The molecule has 0 radical (unpaired) electrons. The molecule has 2 aliphatic rings. The maximum atomic E-state index is 13.7. The number of alkyl halides is 3. The number of para-hydroxylation sites is 2. The molecule has 2 aromatic carbocycles. The van der Waals surface area contributed by atoms with Crippen molar-refractivity contribution < 1.29 is 18.0 Å². The highest BCUT2D eigenvalue weighted by Crippen LogP contribution is 2.37. The molecule has 1 N–H and O–H groups in total. The Kier molecular flexibility index (Phi) is 5.68. The van der Waals surface area contributed by atoms with Crippen molar-refractivity contribution in [1.29, 1.82) is 0 Å². The van der Waals surface area contributed by atoms with E-state index in [1.807, 2.05) is 12.1 Å². The molecule has 1 aromatic heterocycles. The van der Waals surface area contributed by atoms with Gasteiger partial charge in [0.05, 0.1) is 17.1 Å². The molecule has 5 rings (SSSR count). The number of piperidine rings is 1. The Balaban J connectivity index is 1.30. The van der Waals surface area contributed by atoms with Crippen LogP contribution in [0.4, 0.5) is 19.0 Å². The lowest BCUT2D eigenvalue weighted by molar-refractivity contribution is -0.140. The minimum Gasteiger partial charge on any atom is -0.355 e. The maximum absolute atomic E-state index is 13.7. The van der Waals surface area contributed by atoms with Crippen molar-refractivity contribution in [3.8, 4) is 0 Å². The van der Waals surface area contributed by atoms with Crippen molar-refractivity contribution in [3.63, 3.8) is 0 Å². The minimum absolute atomic E-state index is 0.00339. The Labute approximate surface area is 190 Å². The predicted molar refractivity (Wildman–Crippen MR) is 120 cm³/mol. The summed E-state index contributed by atoms with van der Waals surface area (Å²) in [6.07, 6.45) is -0.688. The molecule has 2 heterocycles. The molecule has 3 aromatic rings. The van der Waals surface area contributed by atoms with Gasteiger partial charge in [0.2, 0.25) is 5.91 Å². The number of anilines is 1. The summed E-state index contributed by atoms with van der Waals surface area (Å²) < 4.78 is 41.2. The number of halogens is 3. The summed E-state index contributed by atoms with van der Waals surface area (Å²) >= 11 is 0. The monoisotopic (exact) mass is 454 g/mol. The normalized spacial score (nSPS) is 19.4. The molecule has 0 saturated carbocycles. The molecule has 1 aliphatic heterocycles. The number of amides is 1. The van der Waals surface area contributed by atoms with Gasteiger partial charge in [-0.05, 0) is 55.4 Å². The fourth-order valence-corrected chi connectivity index (χ4v) is 4.95. The first-order valence-electron chi connectivity index (χ1n) is 11.4. The van der Waals surface area contributed by atoms with Crippen LogP contribution in [-0.4, -0.2) is 29.0 Å². The Morgan fingerprint density at radius 3 is 2.33 bits per heavy atom. The molecule has 5 nitrogen and oxygen atoms in total. The number of carbonyl (C=O) groups excluding carboxylic acids is 1. The fraction of sp³-hybridized carbons (Fsp3) is 0.400. The van der Waals surface area contributed by atoms with Crippen molar-refractivity contribution in [3.05, 3.63) is 65.4 Å². The maximum Gasteiger partial charge on any atom is 0.437 e. The summed E-state index contributed by atoms with van der Waals surface area (Å²) in [7, 11) is 0. The standard InChI is InChI=1S/C25H25F3N4O/c26-25(27,28)22-23(30-21-10-4-3-9-20(21)29-22)32-14-12-17(13-15-32)24(33)31-19-11-5-7-16-6-1-2-8-18(16)19/h1-4,6,8-10,17,19H,5,7,11-15H2,(H,31,33)/t19-/m1/s1. The highest BCUT2D eigenvalue weighted by atomic mass is 19.4. The SMILES string of the molecule is O=C(N[C@@H]1CCCc2ccccc21)C1CCN(c2nc3ccccc3nc2C(F)(F)F)CC1. The lowest BCUT2D eigenvalue weighted by Crippen LogP contribution is -2.43. The Morgan fingerprint density at radius 2 is 1.61 bits per heavy atom. The number of hydrogen-bond donors (Lipinski definition) is 1. The van der Waals surface area contributed by atoms with Crippen molar-refractivity contribution in [2.75, 3.05) is 18.0 Å². The molecule has 1 aliphatic carbocycles. The molecule has 1 fully saturated rings. The Bertz CT molecular complexity index is 1170. The highest BCUT2D eigenvalue weighted by molar-refractivity contribution is 5.80. The highest BCUT2D eigenvalue weighted by Gasteiger charge is 2.39. The third-order valence-corrected chi connectivity index (χ3v) is 6.67. The average molecular weight is 454 g/mol. The van der Waals surface area contributed by atoms with E-state index in [9.17, 15) is 18.0 Å². The molecule has 0 unspecified atom stereocenters. The summed E-state index contributed by atoms with van der Waals surface area (Å²) in [5.74, 6) is -0.392. The third-order valence-electron chi connectivity index (χ3n) is 6.67. The van der Waals surface area contributed by atoms with Gasteiger partial charge in [-0.2, -0.15) is 13.2 Å². The van der Waals surface area contributed by atoms with Crippen LogP contribution in [0, 0.1) is 5.92 Å². The molecule has 33 heavy (non-hydrogen) atoms. The molecule has 0 bridgehead atoms. The topological polar surface area (TPSA) is 58.1 Å². The summed E-state index contributed by atoms with van der Waals surface area (Å²) in [5, 5.41) is 3.19. The molecule has 0 spiro atoms. The van der Waals surface area contributed by atoms with Crippen LogP contribution >= 0.6 is 0 Å². The van der Waals surface area contributed by atoms with E-state index >= 15 is 0 Å². The first-order chi connectivity index (χ1) is 15.9. The van der Waals surface area contributed by atoms with E-state index in [0.717, 1.165) is 19.3 Å². The van der Waals surface area contributed by atoms with Crippen molar-refractivity contribution in [2.24, 2.45) is 5.92 Å². The summed E-state index contributed by atoms with van der Waals surface area (Å²) in [6.45, 7) is 0.658. The van der Waals surface area contributed by atoms with Crippen molar-refractivity contribution >= 4 is 22.8 Å². The van der Waals surface area contributed by atoms with E-state index in [2.05, 4.69) is 27.4 Å². The summed E-state index contributed by atoms with van der Waals surface area (Å²) in [4.78, 5) is 22.8. The zero-order valence-electron chi connectivity index (χ0n) is 18.1. The molecular formula is C25H25F3N4O. The number of aryl methyl sites for hydroxylation is 1. The van der Waals surface area contributed by atoms with E-state index in [-0.39, 0.29) is 29.2 Å². The second-order valence-electron chi connectivity index (χ2n) is 8.80. The fourth-order valence-electron chi connectivity index (χ4n) is 4.95. The molecule has 8 heteroatoms. The molecular weight excluding hydrogens is 429 g/mol. The Hall–Kier alpha value is -3.16. The third kappa shape index (κ3) is 4.38. The number of benzene rings is 2. The Morgan fingerprint density at radius 1 is 0.939 bits per heavy atom. The molecule has 172 valence electrons. The summed E-state index contributed by atoms with van der Waals surface area (Å²) in [5.41, 5.74) is 2.13. The van der Waals surface area contributed by atoms with Gasteiger partial charge < -0.3 is 10.2 Å². The number of carbonyl (C=O) groups is 1. The number of fused-ring (bicyclic) bond motifs is 2. The largest absolute Gasteiger partial charge is 0.437 e. The number of nitrogens with one attached hydrogen (secondary N) is 1. The van der Waals surface area contributed by atoms with Crippen LogP contribution in [0.1, 0.15) is 48.5 Å². The van der Waals surface area contributed by atoms with Gasteiger partial charge in [-0.1, -0.05) is 36.4 Å².